The third kappa shape index (κ3) is 3.74. The van der Waals surface area contributed by atoms with Crippen LogP contribution in [0.1, 0.15) is 57.2 Å². The van der Waals surface area contributed by atoms with E-state index >= 15 is 0 Å². The summed E-state index contributed by atoms with van der Waals surface area (Å²) in [5, 5.41) is 12.2. The van der Waals surface area contributed by atoms with Gasteiger partial charge >= 0.3 is 5.97 Å². The molecule has 1 saturated heterocycles. The average Bonchev–Trinajstić information content (AvgIpc) is 3.53. The number of thiophene rings is 1. The molecule has 2 aromatic carbocycles. The highest BCUT2D eigenvalue weighted by molar-refractivity contribution is 7.10. The number of carboxylic acid groups (broad SMARTS) is 1. The second-order valence-corrected chi connectivity index (χ2v) is 9.47. The van der Waals surface area contributed by atoms with Crippen molar-refractivity contribution in [2.24, 2.45) is 0 Å². The highest BCUT2D eigenvalue weighted by atomic mass is 32.1. The Morgan fingerprint density at radius 2 is 1.72 bits per heavy atom. The zero-order valence-electron chi connectivity index (χ0n) is 17.8. The molecule has 2 aliphatic rings. The number of benzene rings is 2. The van der Waals surface area contributed by atoms with Crippen LogP contribution in [0.4, 0.5) is 0 Å². The van der Waals surface area contributed by atoms with E-state index in [2.05, 4.69) is 17.0 Å². The van der Waals surface area contributed by atoms with Crippen LogP contribution in [0.2, 0.25) is 0 Å². The molecule has 2 aliphatic heterocycles. The van der Waals surface area contributed by atoms with Crippen molar-refractivity contribution in [1.82, 2.24) is 9.80 Å². The zero-order valence-corrected chi connectivity index (χ0v) is 18.6. The molecular weight excluding hydrogens is 420 g/mol. The van der Waals surface area contributed by atoms with E-state index in [1.165, 1.54) is 11.3 Å². The molecule has 3 unspecified atom stereocenters. The van der Waals surface area contributed by atoms with Gasteiger partial charge in [0.1, 0.15) is 5.92 Å². The number of rotatable bonds is 6. The Balaban J connectivity index is 1.61. The minimum absolute atomic E-state index is 0.0322. The van der Waals surface area contributed by atoms with Crippen LogP contribution in [-0.2, 0) is 4.79 Å². The van der Waals surface area contributed by atoms with Crippen LogP contribution in [0.15, 0.2) is 72.1 Å². The average molecular weight is 447 g/mol. The Kier molecular flexibility index (Phi) is 5.81. The Morgan fingerprint density at radius 1 is 1.00 bits per heavy atom. The van der Waals surface area contributed by atoms with E-state index in [1.54, 1.807) is 12.1 Å². The number of fused-ring (bicyclic) bond motifs is 1. The molecule has 0 radical (unpaired) electrons. The molecule has 0 bridgehead atoms. The predicted octanol–water partition coefficient (Wildman–Crippen LogP) is 4.95. The summed E-state index contributed by atoms with van der Waals surface area (Å²) in [5.41, 5.74) is 2.27. The standard InChI is InChI=1S/C26H26N2O3S/c29-25-20-12-5-4-11-19(20)23(26(30)31)24(22-13-8-16-32-22)28(25)17-21(27-14-6-7-15-27)18-9-2-1-3-10-18/h1-5,8-13,16,21,23-24H,6-7,14-15,17H2,(H,30,31). The number of likely N-dealkylation sites (tertiary alicyclic amines) is 1. The topological polar surface area (TPSA) is 60.9 Å². The maximum atomic E-state index is 13.8. The van der Waals surface area contributed by atoms with Gasteiger partial charge in [-0.2, -0.15) is 0 Å². The van der Waals surface area contributed by atoms with Gasteiger partial charge in [0.25, 0.3) is 5.91 Å². The Hall–Kier alpha value is -2.96. The summed E-state index contributed by atoms with van der Waals surface area (Å²) in [4.78, 5) is 31.5. The molecule has 6 heteroatoms. The smallest absolute Gasteiger partial charge is 0.313 e. The van der Waals surface area contributed by atoms with Crippen molar-refractivity contribution in [3.8, 4) is 0 Å². The molecule has 1 fully saturated rings. The quantitative estimate of drug-likeness (QED) is 0.582. The van der Waals surface area contributed by atoms with Gasteiger partial charge in [0.15, 0.2) is 0 Å². The molecular formula is C26H26N2O3S. The number of hydrogen-bond donors (Lipinski definition) is 1. The lowest BCUT2D eigenvalue weighted by molar-refractivity contribution is -0.140. The van der Waals surface area contributed by atoms with Crippen molar-refractivity contribution >= 4 is 23.2 Å². The number of aliphatic carboxylic acids is 1. The Bertz CT molecular complexity index is 1090. The molecule has 5 nitrogen and oxygen atoms in total. The summed E-state index contributed by atoms with van der Waals surface area (Å²) < 4.78 is 0. The van der Waals surface area contributed by atoms with Crippen LogP contribution in [0.5, 0.6) is 0 Å². The lowest BCUT2D eigenvalue weighted by Gasteiger charge is -2.43. The van der Waals surface area contributed by atoms with Gasteiger partial charge in [-0.15, -0.1) is 11.3 Å². The van der Waals surface area contributed by atoms with E-state index < -0.39 is 17.9 Å². The van der Waals surface area contributed by atoms with E-state index in [4.69, 9.17) is 0 Å². The number of amides is 1. The second kappa shape index (κ2) is 8.88. The molecule has 164 valence electrons. The SMILES string of the molecule is O=C(O)C1c2ccccc2C(=O)N(CC(c2ccccc2)N2CCCC2)C1c1cccs1. The lowest BCUT2D eigenvalue weighted by Crippen LogP contribution is -2.48. The first-order valence-electron chi connectivity index (χ1n) is 11.1. The van der Waals surface area contributed by atoms with E-state index in [-0.39, 0.29) is 11.9 Å². The van der Waals surface area contributed by atoms with E-state index in [0.29, 0.717) is 17.7 Å². The molecule has 3 aromatic rings. The van der Waals surface area contributed by atoms with Crippen LogP contribution in [0, 0.1) is 0 Å². The third-order valence-electron chi connectivity index (χ3n) is 6.67. The monoisotopic (exact) mass is 446 g/mol. The van der Waals surface area contributed by atoms with Gasteiger partial charge < -0.3 is 10.0 Å². The van der Waals surface area contributed by atoms with Crippen LogP contribution < -0.4 is 0 Å². The minimum atomic E-state index is -0.897. The highest BCUT2D eigenvalue weighted by Crippen LogP contribution is 2.45. The molecule has 1 N–H and O–H groups in total. The predicted molar refractivity (Wildman–Crippen MR) is 125 cm³/mol. The third-order valence-corrected chi connectivity index (χ3v) is 7.62. The summed E-state index contributed by atoms with van der Waals surface area (Å²) in [7, 11) is 0. The largest absolute Gasteiger partial charge is 0.481 e. The summed E-state index contributed by atoms with van der Waals surface area (Å²) in [5.74, 6) is -1.78. The number of nitrogens with zero attached hydrogens (tertiary/aromatic N) is 2. The normalized spacial score (nSPS) is 22.0. The van der Waals surface area contributed by atoms with E-state index in [0.717, 1.165) is 36.4 Å². The van der Waals surface area contributed by atoms with Gasteiger partial charge in [-0.25, -0.2) is 0 Å². The summed E-state index contributed by atoms with van der Waals surface area (Å²) >= 11 is 1.52. The Morgan fingerprint density at radius 3 is 2.41 bits per heavy atom. The summed E-state index contributed by atoms with van der Waals surface area (Å²) in [6, 6.07) is 20.9. The van der Waals surface area contributed by atoms with Crippen molar-refractivity contribution in [1.29, 1.82) is 0 Å². The van der Waals surface area contributed by atoms with Crippen molar-refractivity contribution in [2.45, 2.75) is 30.8 Å². The lowest BCUT2D eigenvalue weighted by atomic mass is 9.81. The van der Waals surface area contributed by atoms with Gasteiger partial charge in [-0.05, 0) is 54.6 Å². The van der Waals surface area contributed by atoms with E-state index in [1.807, 2.05) is 52.7 Å². The van der Waals surface area contributed by atoms with Crippen LogP contribution in [0.25, 0.3) is 0 Å². The fourth-order valence-corrected chi connectivity index (χ4v) is 6.06. The second-order valence-electron chi connectivity index (χ2n) is 8.49. The maximum Gasteiger partial charge on any atom is 0.313 e. The first-order chi connectivity index (χ1) is 15.6. The minimum Gasteiger partial charge on any atom is -0.481 e. The van der Waals surface area contributed by atoms with Crippen molar-refractivity contribution < 1.29 is 14.7 Å². The van der Waals surface area contributed by atoms with Gasteiger partial charge in [-0.1, -0.05) is 54.6 Å². The fraction of sp³-hybridized carbons (Fsp3) is 0.308. The first kappa shape index (κ1) is 20.9. The molecule has 1 amide bonds. The molecule has 0 spiro atoms. The molecule has 0 saturated carbocycles. The number of carboxylic acids is 1. The van der Waals surface area contributed by atoms with E-state index in [9.17, 15) is 14.7 Å². The van der Waals surface area contributed by atoms with Gasteiger partial charge in [-0.3, -0.25) is 14.5 Å². The van der Waals surface area contributed by atoms with Crippen molar-refractivity contribution in [3.63, 3.8) is 0 Å². The van der Waals surface area contributed by atoms with Gasteiger partial charge in [0, 0.05) is 17.0 Å². The van der Waals surface area contributed by atoms with Crippen molar-refractivity contribution in [2.75, 3.05) is 19.6 Å². The van der Waals surface area contributed by atoms with Gasteiger partial charge in [0.2, 0.25) is 0 Å². The fourth-order valence-electron chi connectivity index (χ4n) is 5.18. The number of carbonyl (C=O) groups excluding carboxylic acids is 1. The summed E-state index contributed by atoms with van der Waals surface area (Å²) in [6.07, 6.45) is 2.29. The first-order valence-corrected chi connectivity index (χ1v) is 12.0. The van der Waals surface area contributed by atoms with Crippen LogP contribution in [-0.4, -0.2) is 46.4 Å². The zero-order chi connectivity index (χ0) is 22.1. The van der Waals surface area contributed by atoms with Crippen LogP contribution >= 0.6 is 11.3 Å². The highest BCUT2D eigenvalue weighted by Gasteiger charge is 2.45. The van der Waals surface area contributed by atoms with Crippen LogP contribution in [0.3, 0.4) is 0 Å². The molecule has 5 rings (SSSR count). The Labute approximate surface area is 191 Å². The van der Waals surface area contributed by atoms with Crippen molar-refractivity contribution in [3.05, 3.63) is 93.7 Å². The number of hydrogen-bond acceptors (Lipinski definition) is 4. The number of carbonyl (C=O) groups is 2. The maximum absolute atomic E-state index is 13.8. The molecule has 1 aromatic heterocycles. The molecule has 3 heterocycles. The molecule has 3 atom stereocenters. The molecule has 32 heavy (non-hydrogen) atoms. The van der Waals surface area contributed by atoms with Gasteiger partial charge in [0.05, 0.1) is 12.1 Å². The summed E-state index contributed by atoms with van der Waals surface area (Å²) in [6.45, 7) is 2.44. The molecule has 0 aliphatic carbocycles.